The molecule has 2 N–H and O–H groups in total. The second-order valence-electron chi connectivity index (χ2n) is 7.16. The standard InChI is InChI=1S/C21H25NO5S/c1-27-17-7-9-18(10-8-17)28(25,26)19(16-5-3-2-4-6-16)15-21(20(23)24)11-13-22-14-12-21/h2-10,19,22H,11-15H2,1H3,(H,23,24). The van der Waals surface area contributed by atoms with Crippen LogP contribution < -0.4 is 10.1 Å². The average molecular weight is 404 g/mol. The quantitative estimate of drug-likeness (QED) is 0.738. The van der Waals surface area contributed by atoms with Crippen molar-refractivity contribution in [2.75, 3.05) is 20.2 Å². The number of sulfone groups is 1. The molecule has 7 heteroatoms. The molecule has 0 saturated carbocycles. The minimum Gasteiger partial charge on any atom is -0.497 e. The van der Waals surface area contributed by atoms with Crippen LogP contribution in [0.2, 0.25) is 0 Å². The third kappa shape index (κ3) is 4.05. The minimum absolute atomic E-state index is 0.0440. The van der Waals surface area contributed by atoms with Crippen molar-refractivity contribution in [3.8, 4) is 5.75 Å². The number of carboxylic acid groups (broad SMARTS) is 1. The summed E-state index contributed by atoms with van der Waals surface area (Å²) in [7, 11) is -2.27. The lowest BCUT2D eigenvalue weighted by atomic mass is 9.74. The van der Waals surface area contributed by atoms with E-state index in [0.29, 0.717) is 37.2 Å². The highest BCUT2D eigenvalue weighted by atomic mass is 32.2. The van der Waals surface area contributed by atoms with Gasteiger partial charge in [-0.25, -0.2) is 8.42 Å². The summed E-state index contributed by atoms with van der Waals surface area (Å²) in [5, 5.41) is 12.2. The number of piperidine rings is 1. The Bertz CT molecular complexity index is 904. The molecular weight excluding hydrogens is 378 g/mol. The molecule has 2 aromatic rings. The fraction of sp³-hybridized carbons (Fsp3) is 0.381. The summed E-state index contributed by atoms with van der Waals surface area (Å²) in [5.41, 5.74) is -0.455. The van der Waals surface area contributed by atoms with E-state index < -0.39 is 26.5 Å². The van der Waals surface area contributed by atoms with Gasteiger partial charge in [0.25, 0.3) is 0 Å². The molecule has 1 saturated heterocycles. The number of nitrogens with one attached hydrogen (secondary N) is 1. The van der Waals surface area contributed by atoms with Crippen LogP contribution in [0.25, 0.3) is 0 Å². The summed E-state index contributed by atoms with van der Waals surface area (Å²) in [6.45, 7) is 1.13. The van der Waals surface area contributed by atoms with Gasteiger partial charge in [0.05, 0.1) is 22.7 Å². The minimum atomic E-state index is -3.79. The zero-order valence-electron chi connectivity index (χ0n) is 15.8. The smallest absolute Gasteiger partial charge is 0.309 e. The molecule has 3 rings (SSSR count). The van der Waals surface area contributed by atoms with Gasteiger partial charge in [0.2, 0.25) is 0 Å². The first-order valence-corrected chi connectivity index (χ1v) is 10.8. The van der Waals surface area contributed by atoms with E-state index in [1.807, 2.05) is 6.07 Å². The fourth-order valence-electron chi connectivity index (χ4n) is 3.77. The maximum Gasteiger partial charge on any atom is 0.309 e. The van der Waals surface area contributed by atoms with Crippen LogP contribution in [0, 0.1) is 5.41 Å². The summed E-state index contributed by atoms with van der Waals surface area (Å²) in [6.07, 6.45) is 0.857. The van der Waals surface area contributed by atoms with Crippen LogP contribution >= 0.6 is 0 Å². The Morgan fingerprint density at radius 1 is 1.11 bits per heavy atom. The number of carbonyl (C=O) groups is 1. The van der Waals surface area contributed by atoms with E-state index in [1.54, 1.807) is 36.4 Å². The zero-order valence-corrected chi connectivity index (χ0v) is 16.6. The normalized spacial score (nSPS) is 17.6. The molecule has 1 unspecified atom stereocenters. The molecule has 1 atom stereocenters. The Hall–Kier alpha value is -2.38. The number of rotatable bonds is 7. The van der Waals surface area contributed by atoms with Gasteiger partial charge in [-0.05, 0) is 62.2 Å². The summed E-state index contributed by atoms with van der Waals surface area (Å²) in [5.74, 6) is -0.365. The molecule has 1 fully saturated rings. The van der Waals surface area contributed by atoms with Crippen molar-refractivity contribution in [3.63, 3.8) is 0 Å². The van der Waals surface area contributed by atoms with Crippen LogP contribution in [0.3, 0.4) is 0 Å². The number of carboxylic acids is 1. The molecule has 28 heavy (non-hydrogen) atoms. The largest absolute Gasteiger partial charge is 0.497 e. The monoisotopic (exact) mass is 403 g/mol. The molecule has 150 valence electrons. The number of hydrogen-bond acceptors (Lipinski definition) is 5. The molecule has 0 spiro atoms. The predicted octanol–water partition coefficient (Wildman–Crippen LogP) is 3.05. The molecule has 0 radical (unpaired) electrons. The van der Waals surface area contributed by atoms with E-state index in [0.717, 1.165) is 0 Å². The van der Waals surface area contributed by atoms with Gasteiger partial charge in [0.1, 0.15) is 5.75 Å². The maximum atomic E-state index is 13.5. The van der Waals surface area contributed by atoms with Gasteiger partial charge in [-0.2, -0.15) is 0 Å². The first-order valence-electron chi connectivity index (χ1n) is 9.26. The van der Waals surface area contributed by atoms with Crippen LogP contribution in [0.4, 0.5) is 0 Å². The molecule has 6 nitrogen and oxygen atoms in total. The third-order valence-corrected chi connectivity index (χ3v) is 7.64. The Labute approximate surface area is 165 Å². The number of ether oxygens (including phenoxy) is 1. The lowest BCUT2D eigenvalue weighted by Crippen LogP contribution is -2.43. The summed E-state index contributed by atoms with van der Waals surface area (Å²) >= 11 is 0. The van der Waals surface area contributed by atoms with E-state index in [9.17, 15) is 18.3 Å². The van der Waals surface area contributed by atoms with Crippen LogP contribution in [-0.4, -0.2) is 39.7 Å². The molecule has 2 aromatic carbocycles. The topological polar surface area (TPSA) is 92.7 Å². The number of benzene rings is 2. The van der Waals surface area contributed by atoms with Crippen molar-refractivity contribution in [3.05, 3.63) is 60.2 Å². The molecule has 1 aliphatic heterocycles. The van der Waals surface area contributed by atoms with Crippen LogP contribution in [0.5, 0.6) is 5.75 Å². The molecule has 0 amide bonds. The van der Waals surface area contributed by atoms with Crippen LogP contribution in [0.1, 0.15) is 30.1 Å². The lowest BCUT2D eigenvalue weighted by Gasteiger charge is -2.36. The first-order chi connectivity index (χ1) is 13.4. The highest BCUT2D eigenvalue weighted by Crippen LogP contribution is 2.43. The van der Waals surface area contributed by atoms with Crippen molar-refractivity contribution in [2.45, 2.75) is 29.4 Å². The first kappa shape index (κ1) is 20.4. The van der Waals surface area contributed by atoms with E-state index >= 15 is 0 Å². The molecule has 0 aromatic heterocycles. The highest BCUT2D eigenvalue weighted by molar-refractivity contribution is 7.91. The SMILES string of the molecule is COc1ccc(S(=O)(=O)C(CC2(C(=O)O)CCNCC2)c2ccccc2)cc1. The van der Waals surface area contributed by atoms with Crippen molar-refractivity contribution >= 4 is 15.8 Å². The van der Waals surface area contributed by atoms with E-state index in [4.69, 9.17) is 4.74 Å². The third-order valence-electron chi connectivity index (χ3n) is 5.52. The van der Waals surface area contributed by atoms with Gasteiger partial charge in [0, 0.05) is 0 Å². The number of hydrogen-bond donors (Lipinski definition) is 2. The van der Waals surface area contributed by atoms with Crippen molar-refractivity contribution in [2.24, 2.45) is 5.41 Å². The Morgan fingerprint density at radius 2 is 1.71 bits per heavy atom. The van der Waals surface area contributed by atoms with E-state index in [-0.39, 0.29) is 11.3 Å². The summed E-state index contributed by atoms with van der Waals surface area (Å²) < 4.78 is 32.2. The molecule has 0 bridgehead atoms. The number of methoxy groups -OCH3 is 1. The fourth-order valence-corrected chi connectivity index (χ4v) is 5.67. The van der Waals surface area contributed by atoms with Crippen molar-refractivity contribution in [1.29, 1.82) is 0 Å². The number of aliphatic carboxylic acids is 1. The van der Waals surface area contributed by atoms with Crippen LogP contribution in [-0.2, 0) is 14.6 Å². The Kier molecular flexibility index (Phi) is 6.05. The van der Waals surface area contributed by atoms with Crippen LogP contribution in [0.15, 0.2) is 59.5 Å². The second-order valence-corrected chi connectivity index (χ2v) is 9.29. The Morgan fingerprint density at radius 3 is 2.25 bits per heavy atom. The van der Waals surface area contributed by atoms with Gasteiger partial charge in [-0.1, -0.05) is 30.3 Å². The zero-order chi connectivity index (χ0) is 20.2. The van der Waals surface area contributed by atoms with Gasteiger partial charge < -0.3 is 15.2 Å². The predicted molar refractivity (Wildman–Crippen MR) is 106 cm³/mol. The molecular formula is C21H25NO5S. The van der Waals surface area contributed by atoms with Gasteiger partial charge in [-0.3, -0.25) is 4.79 Å². The molecule has 0 aliphatic carbocycles. The second kappa shape index (κ2) is 8.32. The van der Waals surface area contributed by atoms with Gasteiger partial charge in [0.15, 0.2) is 9.84 Å². The van der Waals surface area contributed by atoms with E-state index in [2.05, 4.69) is 5.32 Å². The highest BCUT2D eigenvalue weighted by Gasteiger charge is 2.45. The Balaban J connectivity index is 2.05. The van der Waals surface area contributed by atoms with E-state index in [1.165, 1.54) is 19.2 Å². The molecule has 1 heterocycles. The molecule has 1 aliphatic rings. The lowest BCUT2D eigenvalue weighted by molar-refractivity contribution is -0.151. The van der Waals surface area contributed by atoms with Gasteiger partial charge >= 0.3 is 5.97 Å². The average Bonchev–Trinajstić information content (AvgIpc) is 2.73. The van der Waals surface area contributed by atoms with Crippen molar-refractivity contribution < 1.29 is 23.1 Å². The summed E-state index contributed by atoms with van der Waals surface area (Å²) in [4.78, 5) is 12.3. The maximum absolute atomic E-state index is 13.5. The van der Waals surface area contributed by atoms with Gasteiger partial charge in [-0.15, -0.1) is 0 Å². The van der Waals surface area contributed by atoms with Crippen molar-refractivity contribution in [1.82, 2.24) is 5.32 Å². The summed E-state index contributed by atoms with van der Waals surface area (Å²) in [6, 6.07) is 15.1.